The summed E-state index contributed by atoms with van der Waals surface area (Å²) in [6.07, 6.45) is 1.55. The number of anilines is 1. The minimum Gasteiger partial charge on any atom is -0.497 e. The number of methoxy groups -OCH3 is 1. The summed E-state index contributed by atoms with van der Waals surface area (Å²) in [6, 6.07) is 15.8. The molecule has 0 saturated carbocycles. The highest BCUT2D eigenvalue weighted by molar-refractivity contribution is 5.83. The fourth-order valence-electron chi connectivity index (χ4n) is 5.44. The largest absolute Gasteiger partial charge is 0.497 e. The number of benzene rings is 2. The third-order valence-electron chi connectivity index (χ3n) is 7.25. The third-order valence-corrected chi connectivity index (χ3v) is 7.25. The van der Waals surface area contributed by atoms with Crippen molar-refractivity contribution in [2.45, 2.75) is 32.3 Å². The molecule has 5 rings (SSSR count). The van der Waals surface area contributed by atoms with Gasteiger partial charge in [-0.2, -0.15) is 0 Å². The topological polar surface area (TPSA) is 88.7 Å². The zero-order chi connectivity index (χ0) is 22.5. The fourth-order valence-corrected chi connectivity index (χ4v) is 5.44. The Morgan fingerprint density at radius 1 is 1.31 bits per heavy atom. The number of amides is 1. The Labute approximate surface area is 188 Å². The van der Waals surface area contributed by atoms with Gasteiger partial charge in [-0.1, -0.05) is 31.2 Å². The van der Waals surface area contributed by atoms with E-state index in [-0.39, 0.29) is 17.2 Å². The van der Waals surface area contributed by atoms with Crippen LogP contribution in [0, 0.1) is 11.3 Å². The SMILES string of the molecule is COc1ccc2c(c1)[C@@H](O)[C@@]1(CCN(C(=O)C(C)Cc3cc4ccccc4nc3N)C1)C2. The van der Waals surface area contributed by atoms with Crippen LogP contribution in [0.5, 0.6) is 5.75 Å². The van der Waals surface area contributed by atoms with Gasteiger partial charge in [0, 0.05) is 29.8 Å². The molecule has 3 atom stereocenters. The summed E-state index contributed by atoms with van der Waals surface area (Å²) in [5.41, 5.74) is 9.73. The van der Waals surface area contributed by atoms with Crippen LogP contribution in [0.25, 0.3) is 10.9 Å². The maximum absolute atomic E-state index is 13.3. The van der Waals surface area contributed by atoms with Gasteiger partial charge in [-0.15, -0.1) is 0 Å². The van der Waals surface area contributed by atoms with Gasteiger partial charge in [-0.05, 0) is 60.2 Å². The summed E-state index contributed by atoms with van der Waals surface area (Å²) in [5.74, 6) is 1.13. The number of aliphatic hydroxyl groups excluding tert-OH is 1. The first-order valence-electron chi connectivity index (χ1n) is 11.2. The highest BCUT2D eigenvalue weighted by atomic mass is 16.5. The van der Waals surface area contributed by atoms with Crippen molar-refractivity contribution in [2.75, 3.05) is 25.9 Å². The average molecular weight is 432 g/mol. The van der Waals surface area contributed by atoms with Gasteiger partial charge in [-0.25, -0.2) is 4.98 Å². The fraction of sp³-hybridized carbons (Fsp3) is 0.385. The second-order valence-electron chi connectivity index (χ2n) is 9.35. The number of aromatic nitrogens is 1. The molecule has 2 heterocycles. The number of pyridine rings is 1. The molecular formula is C26H29N3O3. The van der Waals surface area contributed by atoms with Crippen molar-refractivity contribution in [3.63, 3.8) is 0 Å². The first-order valence-corrected chi connectivity index (χ1v) is 11.2. The molecule has 3 aromatic rings. The summed E-state index contributed by atoms with van der Waals surface area (Å²) in [5, 5.41) is 12.2. The monoisotopic (exact) mass is 431 g/mol. The molecular weight excluding hydrogens is 402 g/mol. The molecule has 6 heteroatoms. The molecule has 166 valence electrons. The predicted molar refractivity (Wildman–Crippen MR) is 124 cm³/mol. The Hall–Kier alpha value is -3.12. The Balaban J connectivity index is 1.30. The number of carbonyl (C=O) groups excluding carboxylic acids is 1. The van der Waals surface area contributed by atoms with Crippen molar-refractivity contribution in [1.82, 2.24) is 9.88 Å². The van der Waals surface area contributed by atoms with E-state index in [0.717, 1.165) is 46.2 Å². The lowest BCUT2D eigenvalue weighted by Gasteiger charge is -2.29. The third kappa shape index (κ3) is 3.39. The summed E-state index contributed by atoms with van der Waals surface area (Å²) in [4.78, 5) is 19.7. The Kier molecular flexibility index (Phi) is 5.05. The van der Waals surface area contributed by atoms with E-state index < -0.39 is 6.10 Å². The van der Waals surface area contributed by atoms with Gasteiger partial charge in [0.25, 0.3) is 0 Å². The zero-order valence-corrected chi connectivity index (χ0v) is 18.5. The van der Waals surface area contributed by atoms with Crippen molar-refractivity contribution in [3.05, 3.63) is 65.2 Å². The number of hydrogen-bond acceptors (Lipinski definition) is 5. The van der Waals surface area contributed by atoms with Crippen LogP contribution in [-0.4, -0.2) is 41.1 Å². The molecule has 6 nitrogen and oxygen atoms in total. The van der Waals surface area contributed by atoms with Gasteiger partial charge in [0.1, 0.15) is 11.6 Å². The maximum atomic E-state index is 13.3. The molecule has 0 radical (unpaired) electrons. The minimum absolute atomic E-state index is 0.107. The molecule has 1 aliphatic carbocycles. The van der Waals surface area contributed by atoms with E-state index in [9.17, 15) is 9.90 Å². The molecule has 1 saturated heterocycles. The highest BCUT2D eigenvalue weighted by Crippen LogP contribution is 2.52. The van der Waals surface area contributed by atoms with E-state index in [2.05, 4.69) is 4.98 Å². The van der Waals surface area contributed by atoms with Crippen LogP contribution in [0.3, 0.4) is 0 Å². The van der Waals surface area contributed by atoms with E-state index in [4.69, 9.17) is 10.5 Å². The lowest BCUT2D eigenvalue weighted by atomic mass is 9.82. The summed E-state index contributed by atoms with van der Waals surface area (Å²) in [6.45, 7) is 3.18. The van der Waals surface area contributed by atoms with Crippen LogP contribution < -0.4 is 10.5 Å². The standard InChI is InChI=1S/C26H29N3O3/c1-16(11-19-12-17-5-3-4-6-22(17)28-24(19)27)25(31)29-10-9-26(15-29)14-18-7-8-20(32-2)13-21(18)23(26)30/h3-8,12-13,16,23,30H,9-11,14-15H2,1-2H3,(H2,27,28)/t16?,23-,26+/m1/s1. The number of aliphatic hydroxyl groups is 1. The van der Waals surface area contributed by atoms with Crippen LogP contribution in [0.1, 0.15) is 36.1 Å². The van der Waals surface area contributed by atoms with E-state index in [0.29, 0.717) is 25.3 Å². The van der Waals surface area contributed by atoms with Gasteiger partial charge in [0.2, 0.25) is 5.91 Å². The first-order chi connectivity index (χ1) is 15.4. The molecule has 1 aliphatic heterocycles. The Morgan fingerprint density at radius 3 is 2.94 bits per heavy atom. The predicted octanol–water partition coefficient (Wildman–Crippen LogP) is 3.51. The Morgan fingerprint density at radius 2 is 2.12 bits per heavy atom. The molecule has 1 fully saturated rings. The quantitative estimate of drug-likeness (QED) is 0.660. The molecule has 2 aliphatic rings. The lowest BCUT2D eigenvalue weighted by Crippen LogP contribution is -2.37. The second kappa shape index (κ2) is 7.78. The number of fused-ring (bicyclic) bond motifs is 2. The smallest absolute Gasteiger partial charge is 0.225 e. The van der Waals surface area contributed by atoms with Gasteiger partial charge < -0.3 is 20.5 Å². The molecule has 1 amide bonds. The average Bonchev–Trinajstić information content (AvgIpc) is 3.35. The number of rotatable bonds is 4. The lowest BCUT2D eigenvalue weighted by molar-refractivity contribution is -0.134. The number of hydrogen-bond donors (Lipinski definition) is 2. The van der Waals surface area contributed by atoms with Gasteiger partial charge in [-0.3, -0.25) is 4.79 Å². The van der Waals surface area contributed by atoms with Crippen molar-refractivity contribution in [1.29, 1.82) is 0 Å². The second-order valence-corrected chi connectivity index (χ2v) is 9.35. The molecule has 2 aromatic carbocycles. The van der Waals surface area contributed by atoms with Crippen LogP contribution in [0.15, 0.2) is 48.5 Å². The van der Waals surface area contributed by atoms with Crippen LogP contribution >= 0.6 is 0 Å². The van der Waals surface area contributed by atoms with Crippen LogP contribution in [0.2, 0.25) is 0 Å². The van der Waals surface area contributed by atoms with Crippen molar-refractivity contribution in [2.24, 2.45) is 11.3 Å². The van der Waals surface area contributed by atoms with Crippen molar-refractivity contribution in [3.8, 4) is 5.75 Å². The minimum atomic E-state index is -0.582. The number of carbonyl (C=O) groups is 1. The van der Waals surface area contributed by atoms with Gasteiger partial charge in [0.15, 0.2) is 0 Å². The van der Waals surface area contributed by atoms with Gasteiger partial charge >= 0.3 is 0 Å². The van der Waals surface area contributed by atoms with Crippen molar-refractivity contribution >= 4 is 22.6 Å². The molecule has 3 N–H and O–H groups in total. The van der Waals surface area contributed by atoms with Crippen LogP contribution in [-0.2, 0) is 17.6 Å². The number of para-hydroxylation sites is 1. The van der Waals surface area contributed by atoms with Crippen molar-refractivity contribution < 1.29 is 14.6 Å². The highest BCUT2D eigenvalue weighted by Gasteiger charge is 2.50. The Bertz CT molecular complexity index is 1190. The van der Waals surface area contributed by atoms with E-state index in [1.165, 1.54) is 0 Å². The zero-order valence-electron chi connectivity index (χ0n) is 18.5. The normalized spacial score (nSPS) is 23.0. The summed E-state index contributed by atoms with van der Waals surface area (Å²) in [7, 11) is 1.63. The molecule has 1 spiro atoms. The van der Waals surface area contributed by atoms with Crippen LogP contribution in [0.4, 0.5) is 5.82 Å². The molecule has 32 heavy (non-hydrogen) atoms. The summed E-state index contributed by atoms with van der Waals surface area (Å²) < 4.78 is 5.33. The first kappa shape index (κ1) is 20.8. The number of nitrogens with zero attached hydrogens (tertiary/aromatic N) is 2. The van der Waals surface area contributed by atoms with E-state index >= 15 is 0 Å². The summed E-state index contributed by atoms with van der Waals surface area (Å²) >= 11 is 0. The van der Waals surface area contributed by atoms with E-state index in [1.807, 2.05) is 60.4 Å². The van der Waals surface area contributed by atoms with Gasteiger partial charge in [0.05, 0.1) is 18.7 Å². The number of likely N-dealkylation sites (tertiary alicyclic amines) is 1. The number of nitrogen functional groups attached to an aromatic ring is 1. The maximum Gasteiger partial charge on any atom is 0.225 e. The molecule has 0 bridgehead atoms. The number of ether oxygens (including phenoxy) is 1. The molecule has 1 aromatic heterocycles. The number of nitrogens with two attached hydrogens (primary N) is 1. The van der Waals surface area contributed by atoms with E-state index in [1.54, 1.807) is 7.11 Å². The molecule has 1 unspecified atom stereocenters.